The van der Waals surface area contributed by atoms with E-state index in [2.05, 4.69) is 76.6 Å². The minimum Gasteiger partial charge on any atom is -0.366 e. The van der Waals surface area contributed by atoms with Gasteiger partial charge in [-0.25, -0.2) is 0 Å². The maximum Gasteiger partial charge on any atom is 0.140 e. The van der Waals surface area contributed by atoms with Gasteiger partial charge in [-0.1, -0.05) is 127 Å². The summed E-state index contributed by atoms with van der Waals surface area (Å²) >= 11 is 0. The van der Waals surface area contributed by atoms with Crippen molar-refractivity contribution in [3.63, 3.8) is 0 Å². The highest BCUT2D eigenvalue weighted by Crippen LogP contribution is 2.28. The molecular formula is C44H36N6. The summed E-state index contributed by atoms with van der Waals surface area (Å²) in [4.78, 5) is 0. The number of benzene rings is 6. The quantitative estimate of drug-likeness (QED) is 0.115. The summed E-state index contributed by atoms with van der Waals surface area (Å²) in [5, 5.41) is 39.7. The van der Waals surface area contributed by atoms with E-state index in [1.54, 1.807) is 0 Å². The Morgan fingerprint density at radius 3 is 1.20 bits per heavy atom. The van der Waals surface area contributed by atoms with Gasteiger partial charge in [-0.15, -0.1) is 0 Å². The van der Waals surface area contributed by atoms with Gasteiger partial charge >= 0.3 is 0 Å². The van der Waals surface area contributed by atoms with Crippen LogP contribution in [0.25, 0.3) is 0 Å². The zero-order valence-electron chi connectivity index (χ0n) is 27.5. The molecule has 6 aromatic rings. The molecule has 6 rings (SSSR count). The first kappa shape index (κ1) is 33.1. The van der Waals surface area contributed by atoms with Gasteiger partial charge in [0.25, 0.3) is 0 Å². The van der Waals surface area contributed by atoms with E-state index < -0.39 is 18.1 Å². The Bertz CT molecular complexity index is 2110. The molecule has 0 aromatic heterocycles. The lowest BCUT2D eigenvalue weighted by atomic mass is 9.96. The van der Waals surface area contributed by atoms with Gasteiger partial charge in [-0.2, -0.15) is 15.8 Å². The largest absolute Gasteiger partial charge is 0.366 e. The molecule has 0 spiro atoms. The van der Waals surface area contributed by atoms with E-state index in [9.17, 15) is 15.8 Å². The molecule has 3 atom stereocenters. The fraction of sp³-hybridized carbons (Fsp3) is 0.114. The van der Waals surface area contributed by atoms with Crippen molar-refractivity contribution >= 4 is 17.1 Å². The van der Waals surface area contributed by atoms with Gasteiger partial charge in [0.15, 0.2) is 0 Å². The molecule has 0 bridgehead atoms. The molecule has 3 N–H and O–H groups in total. The van der Waals surface area contributed by atoms with Crippen molar-refractivity contribution in [2.75, 3.05) is 16.0 Å². The van der Waals surface area contributed by atoms with Crippen LogP contribution in [0, 0.1) is 34.0 Å². The summed E-state index contributed by atoms with van der Waals surface area (Å²) in [6.07, 6.45) is 1.38. The number of hydrogen-bond donors (Lipinski definition) is 3. The van der Waals surface area contributed by atoms with Gasteiger partial charge in [0.1, 0.15) is 18.1 Å². The fourth-order valence-corrected chi connectivity index (χ4v) is 5.93. The highest BCUT2D eigenvalue weighted by atomic mass is 14.9. The second kappa shape index (κ2) is 16.3. The summed E-state index contributed by atoms with van der Waals surface area (Å²) < 4.78 is 0. The van der Waals surface area contributed by atoms with E-state index in [4.69, 9.17) is 0 Å². The highest BCUT2D eigenvalue weighted by Gasteiger charge is 2.15. The molecule has 0 fully saturated rings. The Balaban J connectivity index is 1.21. The SMILES string of the molecule is N#CC(Nc1ccc(Cc2ccc(NC(C#N)c3ccccc3)c(Cc3ccc(NC(C#N)c4ccccc4)cc3)c2)cc1)c1ccccc1. The maximum atomic E-state index is 10.1. The van der Waals surface area contributed by atoms with E-state index in [1.807, 2.05) is 115 Å². The first-order valence-electron chi connectivity index (χ1n) is 16.5. The van der Waals surface area contributed by atoms with Crippen LogP contribution in [0.5, 0.6) is 0 Å². The van der Waals surface area contributed by atoms with Gasteiger partial charge < -0.3 is 16.0 Å². The van der Waals surface area contributed by atoms with Crippen molar-refractivity contribution in [3.05, 3.63) is 197 Å². The Hall–Kier alpha value is -6.81. The zero-order chi connectivity index (χ0) is 34.5. The van der Waals surface area contributed by atoms with Crippen molar-refractivity contribution in [1.82, 2.24) is 0 Å². The van der Waals surface area contributed by atoms with Crippen LogP contribution in [0.3, 0.4) is 0 Å². The molecule has 0 saturated carbocycles. The third-order valence-electron chi connectivity index (χ3n) is 8.59. The molecule has 0 saturated heterocycles. The van der Waals surface area contributed by atoms with Crippen molar-refractivity contribution in [1.29, 1.82) is 15.8 Å². The summed E-state index contributed by atoms with van der Waals surface area (Å²) in [5.74, 6) is 0. The van der Waals surface area contributed by atoms with Crippen molar-refractivity contribution in [2.24, 2.45) is 0 Å². The molecule has 0 amide bonds. The molecule has 0 aliphatic rings. The standard InChI is InChI=1S/C44H36N6/c45-29-42(35-10-4-1-5-11-35)48-39-21-16-32(17-22-39)26-34-20-25-41(50-44(31-47)37-14-8-3-9-15-37)38(28-34)27-33-18-23-40(24-19-33)49-43(30-46)36-12-6-2-7-13-36/h1-25,28,42-44,48-50H,26-27H2. The number of hydrogen-bond acceptors (Lipinski definition) is 6. The molecular weight excluding hydrogens is 613 g/mol. The Morgan fingerprint density at radius 1 is 0.400 bits per heavy atom. The van der Waals surface area contributed by atoms with Gasteiger partial charge in [-0.3, -0.25) is 0 Å². The van der Waals surface area contributed by atoms with Gasteiger partial charge in [0.05, 0.1) is 18.2 Å². The molecule has 6 heteroatoms. The molecule has 242 valence electrons. The minimum absolute atomic E-state index is 0.431. The van der Waals surface area contributed by atoms with Crippen LogP contribution in [0.15, 0.2) is 158 Å². The number of anilines is 3. The van der Waals surface area contributed by atoms with E-state index in [1.165, 1.54) is 0 Å². The van der Waals surface area contributed by atoms with Crippen LogP contribution in [-0.4, -0.2) is 0 Å². The van der Waals surface area contributed by atoms with Crippen LogP contribution >= 0.6 is 0 Å². The second-order valence-corrected chi connectivity index (χ2v) is 12.1. The number of nitrogens with one attached hydrogen (secondary N) is 3. The molecule has 0 heterocycles. The van der Waals surface area contributed by atoms with Gasteiger partial charge in [0.2, 0.25) is 0 Å². The van der Waals surface area contributed by atoms with E-state index in [-0.39, 0.29) is 0 Å². The van der Waals surface area contributed by atoms with Gasteiger partial charge in [0, 0.05) is 17.1 Å². The number of rotatable bonds is 13. The van der Waals surface area contributed by atoms with Crippen LogP contribution in [-0.2, 0) is 12.8 Å². The number of nitriles is 3. The zero-order valence-corrected chi connectivity index (χ0v) is 27.5. The van der Waals surface area contributed by atoms with Crippen molar-refractivity contribution in [2.45, 2.75) is 31.0 Å². The van der Waals surface area contributed by atoms with Crippen LogP contribution in [0.2, 0.25) is 0 Å². The van der Waals surface area contributed by atoms with E-state index in [0.29, 0.717) is 6.42 Å². The first-order valence-corrected chi connectivity index (χ1v) is 16.5. The molecule has 0 aliphatic heterocycles. The lowest BCUT2D eigenvalue weighted by molar-refractivity contribution is 0.985. The highest BCUT2D eigenvalue weighted by molar-refractivity contribution is 5.58. The topological polar surface area (TPSA) is 107 Å². The number of nitrogens with zero attached hydrogens (tertiary/aromatic N) is 3. The fourth-order valence-electron chi connectivity index (χ4n) is 5.93. The monoisotopic (exact) mass is 648 g/mol. The summed E-state index contributed by atoms with van der Waals surface area (Å²) in [6, 6.07) is 57.7. The average molecular weight is 649 g/mol. The lowest BCUT2D eigenvalue weighted by Crippen LogP contribution is -2.11. The van der Waals surface area contributed by atoms with Crippen LogP contribution < -0.4 is 16.0 Å². The Morgan fingerprint density at radius 2 is 0.780 bits per heavy atom. The predicted molar refractivity (Wildman–Crippen MR) is 200 cm³/mol. The third kappa shape index (κ3) is 8.55. The minimum atomic E-state index is -0.499. The molecule has 0 radical (unpaired) electrons. The molecule has 0 aliphatic carbocycles. The van der Waals surface area contributed by atoms with Gasteiger partial charge in [-0.05, 0) is 82.1 Å². The van der Waals surface area contributed by atoms with Crippen LogP contribution in [0.1, 0.15) is 57.1 Å². The Labute approximate surface area is 293 Å². The third-order valence-corrected chi connectivity index (χ3v) is 8.59. The van der Waals surface area contributed by atoms with Crippen molar-refractivity contribution in [3.8, 4) is 18.2 Å². The molecule has 6 nitrogen and oxygen atoms in total. The average Bonchev–Trinajstić information content (AvgIpc) is 3.18. The Kier molecular flexibility index (Phi) is 10.8. The second-order valence-electron chi connectivity index (χ2n) is 12.1. The lowest BCUT2D eigenvalue weighted by Gasteiger charge is -2.19. The summed E-state index contributed by atoms with van der Waals surface area (Å²) in [5.41, 5.74) is 9.90. The van der Waals surface area contributed by atoms with Crippen LogP contribution in [0.4, 0.5) is 17.1 Å². The predicted octanol–water partition coefficient (Wildman–Crippen LogP) is 9.90. The maximum absolute atomic E-state index is 10.1. The normalized spacial score (nSPS) is 12.3. The smallest absolute Gasteiger partial charge is 0.140 e. The summed E-state index contributed by atoms with van der Waals surface area (Å²) in [6.45, 7) is 0. The molecule has 50 heavy (non-hydrogen) atoms. The molecule has 6 aromatic carbocycles. The van der Waals surface area contributed by atoms with E-state index in [0.717, 1.165) is 62.4 Å². The van der Waals surface area contributed by atoms with E-state index >= 15 is 0 Å². The van der Waals surface area contributed by atoms with Crippen molar-refractivity contribution < 1.29 is 0 Å². The molecule has 3 unspecified atom stereocenters. The first-order chi connectivity index (χ1) is 24.6. The summed E-state index contributed by atoms with van der Waals surface area (Å²) in [7, 11) is 0.